The van der Waals surface area contributed by atoms with Crippen LogP contribution >= 0.6 is 31.9 Å². The van der Waals surface area contributed by atoms with Gasteiger partial charge in [-0.2, -0.15) is 0 Å². The van der Waals surface area contributed by atoms with E-state index in [4.69, 9.17) is 0 Å². The first-order valence-electron chi connectivity index (χ1n) is 5.59. The van der Waals surface area contributed by atoms with Gasteiger partial charge in [0, 0.05) is 0 Å². The van der Waals surface area contributed by atoms with Crippen LogP contribution in [0.25, 0.3) is 0 Å². The molecule has 0 spiro atoms. The van der Waals surface area contributed by atoms with Gasteiger partial charge in [-0.1, -0.05) is 31.9 Å². The average Bonchev–Trinajstić information content (AvgIpc) is 2.71. The van der Waals surface area contributed by atoms with Crippen molar-refractivity contribution in [1.29, 1.82) is 0 Å². The maximum absolute atomic E-state index is 4.01. The summed E-state index contributed by atoms with van der Waals surface area (Å²) in [5, 5.41) is 0. The van der Waals surface area contributed by atoms with E-state index in [1.807, 2.05) is 0 Å². The lowest BCUT2D eigenvalue weighted by Crippen LogP contribution is -2.30. The summed E-state index contributed by atoms with van der Waals surface area (Å²) < 4.78 is 0.380. The second-order valence-electron chi connectivity index (χ2n) is 6.01. The molecule has 0 nitrogen and oxygen atoms in total. The van der Waals surface area contributed by atoms with Crippen LogP contribution in [0.2, 0.25) is 0 Å². The fraction of sp³-hybridized carbons (Fsp3) is 1.00. The van der Waals surface area contributed by atoms with E-state index in [1.54, 1.807) is 12.8 Å². The Bertz CT molecular complexity index is 294. The molecule has 2 heteroatoms. The SMILES string of the molecule is BrC1(Br)[C@@H]2[C@@H]3C[C@H]4[C@H]5C[C@@H]([C@@H]42)[C@H]1[C@H]53. The second kappa shape index (κ2) is 1.71. The molecule has 13 heavy (non-hydrogen) atoms. The minimum absolute atomic E-state index is 0.380. The maximum Gasteiger partial charge on any atom is 0.0872 e. The average molecular weight is 304 g/mol. The molecule has 8 atom stereocenters. The highest BCUT2D eigenvalue weighted by Crippen LogP contribution is 2.87. The molecule has 0 amide bonds. The van der Waals surface area contributed by atoms with Crippen LogP contribution in [0.1, 0.15) is 12.8 Å². The van der Waals surface area contributed by atoms with Crippen molar-refractivity contribution in [1.82, 2.24) is 0 Å². The zero-order valence-electron chi connectivity index (χ0n) is 7.29. The largest absolute Gasteiger partial charge is 0.0872 e. The number of halogens is 2. The van der Waals surface area contributed by atoms with Crippen molar-refractivity contribution in [3.63, 3.8) is 0 Å². The van der Waals surface area contributed by atoms with E-state index in [1.165, 1.54) is 11.8 Å². The third-order valence-corrected chi connectivity index (χ3v) is 8.37. The van der Waals surface area contributed by atoms with Crippen molar-refractivity contribution in [2.24, 2.45) is 47.3 Å². The fourth-order valence-electron chi connectivity index (χ4n) is 6.53. The number of hydrogen-bond donors (Lipinski definition) is 0. The molecular formula is C11H12Br2. The van der Waals surface area contributed by atoms with Gasteiger partial charge in [-0.3, -0.25) is 0 Å². The molecule has 0 aromatic rings. The highest BCUT2D eigenvalue weighted by molar-refractivity contribution is 9.25. The Labute approximate surface area is 95.1 Å². The van der Waals surface area contributed by atoms with Crippen LogP contribution in [-0.4, -0.2) is 3.23 Å². The van der Waals surface area contributed by atoms with Crippen LogP contribution in [0.15, 0.2) is 0 Å². The number of rotatable bonds is 0. The number of hydrogen-bond acceptors (Lipinski definition) is 0. The predicted molar refractivity (Wildman–Crippen MR) is 57.7 cm³/mol. The third-order valence-electron chi connectivity index (χ3n) is 6.26. The number of alkyl halides is 2. The minimum Gasteiger partial charge on any atom is -0.0721 e. The summed E-state index contributed by atoms with van der Waals surface area (Å²) in [5.74, 6) is 8.83. The highest BCUT2D eigenvalue weighted by atomic mass is 79.9. The van der Waals surface area contributed by atoms with Crippen LogP contribution in [0, 0.1) is 47.3 Å². The van der Waals surface area contributed by atoms with Gasteiger partial charge in [0.05, 0.1) is 3.23 Å². The van der Waals surface area contributed by atoms with Crippen LogP contribution in [-0.2, 0) is 0 Å². The molecule has 6 aliphatic rings. The molecule has 6 bridgehead atoms. The molecule has 0 aromatic heterocycles. The van der Waals surface area contributed by atoms with Crippen molar-refractivity contribution in [3.8, 4) is 0 Å². The standard InChI is InChI=1S/C11H12Br2/c12-11(13)9-5-1-3-4-2-6(7(3)9)10(11)8(4)5/h3-10H,1-2H2/t3-,4+,5+,6-,7-,8-,9+,10-/m1/s1. The van der Waals surface area contributed by atoms with E-state index >= 15 is 0 Å². The van der Waals surface area contributed by atoms with E-state index in [0.717, 1.165) is 35.5 Å². The van der Waals surface area contributed by atoms with Crippen LogP contribution < -0.4 is 0 Å². The van der Waals surface area contributed by atoms with Crippen molar-refractivity contribution >= 4 is 31.9 Å². The molecule has 0 radical (unpaired) electrons. The first-order valence-corrected chi connectivity index (χ1v) is 7.17. The topological polar surface area (TPSA) is 0 Å². The first-order chi connectivity index (χ1) is 6.21. The van der Waals surface area contributed by atoms with Gasteiger partial charge in [-0.25, -0.2) is 0 Å². The lowest BCUT2D eigenvalue weighted by atomic mass is 9.71. The van der Waals surface area contributed by atoms with Crippen LogP contribution in [0.3, 0.4) is 0 Å². The summed E-state index contributed by atoms with van der Waals surface area (Å²) in [6.07, 6.45) is 3.19. The molecule has 6 rings (SSSR count). The molecule has 0 unspecified atom stereocenters. The monoisotopic (exact) mass is 302 g/mol. The van der Waals surface area contributed by atoms with Crippen molar-refractivity contribution in [2.75, 3.05) is 0 Å². The summed E-state index contributed by atoms with van der Waals surface area (Å²) >= 11 is 8.01. The van der Waals surface area contributed by atoms with Crippen molar-refractivity contribution < 1.29 is 0 Å². The maximum atomic E-state index is 4.01. The zero-order valence-corrected chi connectivity index (χ0v) is 10.5. The second-order valence-corrected chi connectivity index (χ2v) is 9.70. The molecule has 0 aromatic carbocycles. The van der Waals surface area contributed by atoms with Gasteiger partial charge in [0.1, 0.15) is 0 Å². The first kappa shape index (κ1) is 7.27. The molecule has 6 aliphatic carbocycles. The summed E-state index contributed by atoms with van der Waals surface area (Å²) in [6.45, 7) is 0. The summed E-state index contributed by atoms with van der Waals surface area (Å²) in [4.78, 5) is 0. The van der Waals surface area contributed by atoms with E-state index in [0.29, 0.717) is 3.23 Å². The van der Waals surface area contributed by atoms with E-state index in [-0.39, 0.29) is 0 Å². The van der Waals surface area contributed by atoms with Gasteiger partial charge < -0.3 is 0 Å². The molecule has 0 N–H and O–H groups in total. The predicted octanol–water partition coefficient (Wildman–Crippen LogP) is 3.25. The molecule has 0 aliphatic heterocycles. The normalized spacial score (nSPS) is 78.0. The van der Waals surface area contributed by atoms with Gasteiger partial charge >= 0.3 is 0 Å². The summed E-state index contributed by atoms with van der Waals surface area (Å²) in [7, 11) is 0. The molecule has 0 heterocycles. The smallest absolute Gasteiger partial charge is 0.0721 e. The van der Waals surface area contributed by atoms with E-state index in [9.17, 15) is 0 Å². The van der Waals surface area contributed by atoms with Gasteiger partial charge in [0.2, 0.25) is 0 Å². The Kier molecular flexibility index (Phi) is 0.954. The van der Waals surface area contributed by atoms with Crippen molar-refractivity contribution in [3.05, 3.63) is 0 Å². The summed E-state index contributed by atoms with van der Waals surface area (Å²) in [6, 6.07) is 0. The lowest BCUT2D eigenvalue weighted by Gasteiger charge is -2.33. The van der Waals surface area contributed by atoms with Crippen LogP contribution in [0.4, 0.5) is 0 Å². The van der Waals surface area contributed by atoms with Crippen molar-refractivity contribution in [2.45, 2.75) is 16.1 Å². The van der Waals surface area contributed by atoms with Gasteiger partial charge in [0.15, 0.2) is 0 Å². The molecule has 70 valence electrons. The molecular weight excluding hydrogens is 292 g/mol. The van der Waals surface area contributed by atoms with Gasteiger partial charge in [0.25, 0.3) is 0 Å². The Morgan fingerprint density at radius 2 is 1.23 bits per heavy atom. The van der Waals surface area contributed by atoms with Crippen LogP contribution in [0.5, 0.6) is 0 Å². The Morgan fingerprint density at radius 3 is 1.69 bits per heavy atom. The lowest BCUT2D eigenvalue weighted by molar-refractivity contribution is 0.132. The molecule has 6 fully saturated rings. The van der Waals surface area contributed by atoms with E-state index in [2.05, 4.69) is 31.9 Å². The van der Waals surface area contributed by atoms with E-state index < -0.39 is 0 Å². The van der Waals surface area contributed by atoms with Gasteiger partial charge in [-0.15, -0.1) is 0 Å². The zero-order chi connectivity index (χ0) is 8.53. The quantitative estimate of drug-likeness (QED) is 0.603. The molecule has 0 saturated heterocycles. The Morgan fingerprint density at radius 1 is 0.769 bits per heavy atom. The third kappa shape index (κ3) is 0.480. The summed E-state index contributed by atoms with van der Waals surface area (Å²) in [5.41, 5.74) is 0. The highest BCUT2D eigenvalue weighted by Gasteiger charge is 2.83. The Balaban J connectivity index is 1.88. The fourth-order valence-corrected chi connectivity index (χ4v) is 9.11. The molecule has 6 saturated carbocycles. The Hall–Kier alpha value is 0.960. The minimum atomic E-state index is 0.380. The van der Waals surface area contributed by atoms with Gasteiger partial charge in [-0.05, 0) is 60.2 Å².